The van der Waals surface area contributed by atoms with E-state index >= 15 is 0 Å². The van der Waals surface area contributed by atoms with Gasteiger partial charge in [0.05, 0.1) is 0 Å². The molecule has 0 fully saturated rings. The van der Waals surface area contributed by atoms with Gasteiger partial charge in [-0.15, -0.1) is 0 Å². The van der Waals surface area contributed by atoms with Gasteiger partial charge in [-0.3, -0.25) is 4.79 Å². The van der Waals surface area contributed by atoms with Crippen LogP contribution in [0.5, 0.6) is 0 Å². The van der Waals surface area contributed by atoms with Crippen LogP contribution in [0.1, 0.15) is 39.7 Å². The third kappa shape index (κ3) is 6.77. The van der Waals surface area contributed by atoms with Gasteiger partial charge in [0.2, 0.25) is 5.91 Å². The van der Waals surface area contributed by atoms with Crippen molar-refractivity contribution in [2.24, 2.45) is 0 Å². The summed E-state index contributed by atoms with van der Waals surface area (Å²) in [4.78, 5) is 26.7. The van der Waals surface area contributed by atoms with Crippen molar-refractivity contribution in [3.8, 4) is 0 Å². The number of para-hydroxylation sites is 1. The first-order chi connectivity index (χ1) is 12.6. The fourth-order valence-corrected chi connectivity index (χ4v) is 2.79. The van der Waals surface area contributed by atoms with Crippen molar-refractivity contribution >= 4 is 28.6 Å². The molecule has 0 aliphatic carbocycles. The van der Waals surface area contributed by atoms with Gasteiger partial charge in [-0.05, 0) is 39.3 Å². The van der Waals surface area contributed by atoms with E-state index in [1.165, 1.54) is 0 Å². The molecular formula is C20H28N4O3. The number of H-pyrrole nitrogens is 1. The number of ether oxygens (including phenoxy) is 1. The number of hydrogen-bond acceptors (Lipinski definition) is 4. The molecule has 1 aromatic heterocycles. The van der Waals surface area contributed by atoms with E-state index in [1.807, 2.05) is 37.4 Å². The number of aromatic amines is 1. The van der Waals surface area contributed by atoms with Gasteiger partial charge in [-0.1, -0.05) is 18.2 Å². The van der Waals surface area contributed by atoms with E-state index in [0.29, 0.717) is 18.6 Å². The summed E-state index contributed by atoms with van der Waals surface area (Å²) < 4.78 is 5.08. The lowest BCUT2D eigenvalue weighted by Gasteiger charge is -2.20. The minimum Gasteiger partial charge on any atom is -0.444 e. The predicted molar refractivity (Wildman–Crippen MR) is 106 cm³/mol. The summed E-state index contributed by atoms with van der Waals surface area (Å²) in [7, 11) is 0. The minimum atomic E-state index is -0.627. The van der Waals surface area contributed by atoms with Crippen molar-refractivity contribution in [2.45, 2.75) is 52.2 Å². The Morgan fingerprint density at radius 2 is 1.96 bits per heavy atom. The lowest BCUT2D eigenvalue weighted by atomic mass is 10.0. The second-order valence-corrected chi connectivity index (χ2v) is 7.67. The Kier molecular flexibility index (Phi) is 6.60. The Balaban J connectivity index is 1.76. The van der Waals surface area contributed by atoms with Gasteiger partial charge < -0.3 is 25.8 Å². The number of amides is 2. The molecule has 1 aromatic carbocycles. The number of carbonyl (C=O) groups excluding carboxylic acids is 2. The molecule has 0 aliphatic heterocycles. The fraction of sp³-hybridized carbons (Fsp3) is 0.450. The summed E-state index contributed by atoms with van der Waals surface area (Å²) in [6.45, 7) is 6.96. The second kappa shape index (κ2) is 8.70. The van der Waals surface area contributed by atoms with Crippen LogP contribution in [-0.2, 0) is 16.0 Å². The molecule has 0 spiro atoms. The van der Waals surface area contributed by atoms with E-state index in [-0.39, 0.29) is 18.5 Å². The van der Waals surface area contributed by atoms with Crippen molar-refractivity contribution in [1.29, 1.82) is 5.41 Å². The Hall–Kier alpha value is -2.83. The van der Waals surface area contributed by atoms with Crippen LogP contribution in [0.3, 0.4) is 0 Å². The van der Waals surface area contributed by atoms with Crippen LogP contribution in [0.4, 0.5) is 4.79 Å². The molecule has 2 amide bonds. The van der Waals surface area contributed by atoms with Gasteiger partial charge >= 0.3 is 6.09 Å². The Bertz CT molecular complexity index is 820. The molecule has 7 heteroatoms. The van der Waals surface area contributed by atoms with Crippen molar-refractivity contribution in [3.05, 3.63) is 36.0 Å². The topological polar surface area (TPSA) is 107 Å². The average Bonchev–Trinajstić information content (AvgIpc) is 2.94. The van der Waals surface area contributed by atoms with E-state index in [9.17, 15) is 9.59 Å². The third-order valence-electron chi connectivity index (χ3n) is 3.83. The molecule has 27 heavy (non-hydrogen) atoms. The summed E-state index contributed by atoms with van der Waals surface area (Å²) in [5.41, 5.74) is 2.05. The molecule has 0 bridgehead atoms. The molecule has 0 saturated heterocycles. The number of benzene rings is 1. The van der Waals surface area contributed by atoms with Crippen molar-refractivity contribution in [1.82, 2.24) is 15.6 Å². The standard InChI is InChI=1S/C20H28N4O3/c1-13(24-18(25)12-23-19(26)27-20(2,3)4)9-15(21)10-14-11-22-17-8-6-5-7-16(14)17/h5-8,11,13,21-22H,9-10,12H2,1-4H3,(H,23,26)(H,24,25)/t13-/m1/s1. The first-order valence-electron chi connectivity index (χ1n) is 9.01. The third-order valence-corrected chi connectivity index (χ3v) is 3.83. The van der Waals surface area contributed by atoms with Crippen LogP contribution >= 0.6 is 0 Å². The van der Waals surface area contributed by atoms with E-state index < -0.39 is 11.7 Å². The molecule has 2 aromatic rings. The molecule has 146 valence electrons. The molecule has 4 N–H and O–H groups in total. The molecule has 0 radical (unpaired) electrons. The van der Waals surface area contributed by atoms with E-state index in [2.05, 4.69) is 15.6 Å². The van der Waals surface area contributed by atoms with Crippen LogP contribution in [0.15, 0.2) is 30.5 Å². The zero-order valence-corrected chi connectivity index (χ0v) is 16.3. The van der Waals surface area contributed by atoms with E-state index in [1.54, 1.807) is 20.8 Å². The van der Waals surface area contributed by atoms with Gasteiger partial charge in [0, 0.05) is 41.7 Å². The summed E-state index contributed by atoms with van der Waals surface area (Å²) in [5, 5.41) is 14.6. The van der Waals surface area contributed by atoms with Gasteiger partial charge in [-0.2, -0.15) is 0 Å². The highest BCUT2D eigenvalue weighted by atomic mass is 16.6. The van der Waals surface area contributed by atoms with Gasteiger partial charge in [0.15, 0.2) is 0 Å². The summed E-state index contributed by atoms with van der Waals surface area (Å²) >= 11 is 0. The molecule has 1 heterocycles. The highest BCUT2D eigenvalue weighted by molar-refractivity contribution is 5.91. The maximum Gasteiger partial charge on any atom is 0.408 e. The molecule has 0 aliphatic rings. The molecule has 0 unspecified atom stereocenters. The van der Waals surface area contributed by atoms with Crippen molar-refractivity contribution < 1.29 is 14.3 Å². The van der Waals surface area contributed by atoms with E-state index in [0.717, 1.165) is 16.5 Å². The SMILES string of the molecule is C[C@H](CC(=N)Cc1c[nH]c2ccccc12)NC(=O)CNC(=O)OC(C)(C)C. The number of hydrogen-bond donors (Lipinski definition) is 4. The Labute approximate surface area is 159 Å². The smallest absolute Gasteiger partial charge is 0.408 e. The second-order valence-electron chi connectivity index (χ2n) is 7.67. The minimum absolute atomic E-state index is 0.158. The Morgan fingerprint density at radius 3 is 2.67 bits per heavy atom. The van der Waals surface area contributed by atoms with Crippen LogP contribution in [-0.4, -0.2) is 40.9 Å². The van der Waals surface area contributed by atoms with Gasteiger partial charge in [0.1, 0.15) is 12.1 Å². The number of carbonyl (C=O) groups is 2. The molecular weight excluding hydrogens is 344 g/mol. The van der Waals surface area contributed by atoms with Gasteiger partial charge in [0.25, 0.3) is 0 Å². The highest BCUT2D eigenvalue weighted by Gasteiger charge is 2.17. The lowest BCUT2D eigenvalue weighted by molar-refractivity contribution is -0.120. The maximum absolute atomic E-state index is 11.9. The predicted octanol–water partition coefficient (Wildman–Crippen LogP) is 3.15. The number of rotatable bonds is 7. The fourth-order valence-electron chi connectivity index (χ4n) is 2.79. The molecule has 0 saturated carbocycles. The first kappa shape index (κ1) is 20.5. The summed E-state index contributed by atoms with van der Waals surface area (Å²) in [5.74, 6) is -0.312. The van der Waals surface area contributed by atoms with E-state index in [4.69, 9.17) is 10.1 Å². The number of alkyl carbamates (subject to hydrolysis) is 1. The average molecular weight is 372 g/mol. The largest absolute Gasteiger partial charge is 0.444 e. The quantitative estimate of drug-likeness (QED) is 0.561. The number of nitrogens with one attached hydrogen (secondary N) is 4. The first-order valence-corrected chi connectivity index (χ1v) is 9.01. The number of fused-ring (bicyclic) bond motifs is 1. The maximum atomic E-state index is 11.9. The van der Waals surface area contributed by atoms with Crippen LogP contribution in [0.25, 0.3) is 10.9 Å². The normalized spacial score (nSPS) is 12.4. The molecule has 1 atom stereocenters. The number of aromatic nitrogens is 1. The monoisotopic (exact) mass is 372 g/mol. The Morgan fingerprint density at radius 1 is 1.26 bits per heavy atom. The van der Waals surface area contributed by atoms with Crippen LogP contribution < -0.4 is 10.6 Å². The van der Waals surface area contributed by atoms with Crippen molar-refractivity contribution in [3.63, 3.8) is 0 Å². The van der Waals surface area contributed by atoms with Crippen LogP contribution in [0.2, 0.25) is 0 Å². The zero-order chi connectivity index (χ0) is 20.0. The van der Waals surface area contributed by atoms with Crippen molar-refractivity contribution in [2.75, 3.05) is 6.54 Å². The zero-order valence-electron chi connectivity index (χ0n) is 16.3. The lowest BCUT2D eigenvalue weighted by Crippen LogP contribution is -2.43. The summed E-state index contributed by atoms with van der Waals surface area (Å²) in [6, 6.07) is 7.78. The van der Waals surface area contributed by atoms with Gasteiger partial charge in [-0.25, -0.2) is 4.79 Å². The molecule has 7 nitrogen and oxygen atoms in total. The summed E-state index contributed by atoms with van der Waals surface area (Å²) in [6.07, 6.45) is 2.27. The molecule has 2 rings (SSSR count). The highest BCUT2D eigenvalue weighted by Crippen LogP contribution is 2.18. The van der Waals surface area contributed by atoms with Crippen LogP contribution in [0, 0.1) is 5.41 Å².